The number of aliphatic hydroxyl groups excluding tert-OH is 1. The maximum Gasteiger partial charge on any atom is 0.0775 e. The zero-order valence-corrected chi connectivity index (χ0v) is 6.85. The number of hydrogen-bond acceptors (Lipinski definition) is 2. The first kappa shape index (κ1) is 9.14. The van der Waals surface area contributed by atoms with Crippen LogP contribution in [0.15, 0.2) is 11.1 Å². The maximum atomic E-state index is 8.32. The van der Waals surface area contributed by atoms with Crippen molar-refractivity contribution in [2.24, 2.45) is 0 Å². The van der Waals surface area contributed by atoms with E-state index in [0.29, 0.717) is 19.6 Å². The molecular formula is C6H11BrO2. The standard InChI is InChI=1S/C6H11BrO2/c1-6(7)5-9-4-2-3-8/h8H,1-5H2. The van der Waals surface area contributed by atoms with E-state index in [1.807, 2.05) is 0 Å². The molecule has 0 saturated heterocycles. The van der Waals surface area contributed by atoms with Crippen molar-refractivity contribution in [3.05, 3.63) is 11.1 Å². The molecule has 0 aliphatic rings. The van der Waals surface area contributed by atoms with Crippen LogP contribution in [0.4, 0.5) is 0 Å². The van der Waals surface area contributed by atoms with Crippen LogP contribution in [0.25, 0.3) is 0 Å². The second-order valence-corrected chi connectivity index (χ2v) is 2.77. The molecule has 0 saturated carbocycles. The van der Waals surface area contributed by atoms with Crippen molar-refractivity contribution < 1.29 is 9.84 Å². The minimum atomic E-state index is 0.189. The predicted molar refractivity (Wildman–Crippen MR) is 40.6 cm³/mol. The van der Waals surface area contributed by atoms with Crippen molar-refractivity contribution in [3.8, 4) is 0 Å². The number of hydrogen-bond donors (Lipinski definition) is 1. The van der Waals surface area contributed by atoms with Crippen molar-refractivity contribution in [2.45, 2.75) is 6.42 Å². The molecule has 2 nitrogen and oxygen atoms in total. The van der Waals surface area contributed by atoms with Crippen LogP contribution in [0.1, 0.15) is 6.42 Å². The summed E-state index contributed by atoms with van der Waals surface area (Å²) >= 11 is 3.14. The van der Waals surface area contributed by atoms with Gasteiger partial charge in [-0.15, -0.1) is 0 Å². The average molecular weight is 195 g/mol. The topological polar surface area (TPSA) is 29.5 Å². The molecule has 0 atom stereocenters. The molecule has 0 rings (SSSR count). The Labute approximate surface area is 63.6 Å². The second kappa shape index (κ2) is 6.26. The Bertz CT molecular complexity index is 83.1. The highest BCUT2D eigenvalue weighted by Crippen LogP contribution is 1.99. The Kier molecular flexibility index (Phi) is 6.36. The van der Waals surface area contributed by atoms with E-state index < -0.39 is 0 Å². The van der Waals surface area contributed by atoms with E-state index in [2.05, 4.69) is 22.5 Å². The zero-order chi connectivity index (χ0) is 7.11. The Morgan fingerprint density at radius 2 is 2.33 bits per heavy atom. The number of rotatable bonds is 5. The highest BCUT2D eigenvalue weighted by molar-refractivity contribution is 9.11. The SMILES string of the molecule is C=C(Br)COCCCO. The van der Waals surface area contributed by atoms with Gasteiger partial charge in [-0.25, -0.2) is 0 Å². The Morgan fingerprint density at radius 3 is 2.78 bits per heavy atom. The fraction of sp³-hybridized carbons (Fsp3) is 0.667. The summed E-state index contributed by atoms with van der Waals surface area (Å²) in [6.07, 6.45) is 0.695. The monoisotopic (exact) mass is 194 g/mol. The van der Waals surface area contributed by atoms with E-state index in [9.17, 15) is 0 Å². The summed E-state index contributed by atoms with van der Waals surface area (Å²) in [5, 5.41) is 8.32. The van der Waals surface area contributed by atoms with Gasteiger partial charge in [-0.05, 0) is 6.42 Å². The van der Waals surface area contributed by atoms with Gasteiger partial charge >= 0.3 is 0 Å². The summed E-state index contributed by atoms with van der Waals surface area (Å²) in [6.45, 7) is 4.90. The number of ether oxygens (including phenoxy) is 1. The maximum absolute atomic E-state index is 8.32. The van der Waals surface area contributed by atoms with Crippen LogP contribution >= 0.6 is 15.9 Å². The van der Waals surface area contributed by atoms with E-state index in [1.165, 1.54) is 0 Å². The molecule has 0 spiro atoms. The van der Waals surface area contributed by atoms with Gasteiger partial charge in [0, 0.05) is 17.7 Å². The zero-order valence-electron chi connectivity index (χ0n) is 5.27. The third kappa shape index (κ3) is 8.14. The summed E-state index contributed by atoms with van der Waals surface area (Å²) in [6, 6.07) is 0. The lowest BCUT2D eigenvalue weighted by Gasteiger charge is -1.98. The average Bonchev–Trinajstić information content (AvgIpc) is 1.80. The first-order valence-electron chi connectivity index (χ1n) is 2.79. The summed E-state index contributed by atoms with van der Waals surface area (Å²) in [5.74, 6) is 0. The fourth-order valence-corrected chi connectivity index (χ4v) is 0.511. The quantitative estimate of drug-likeness (QED) is 0.670. The molecule has 0 unspecified atom stereocenters. The van der Waals surface area contributed by atoms with Gasteiger partial charge in [0.1, 0.15) is 0 Å². The van der Waals surface area contributed by atoms with Gasteiger partial charge < -0.3 is 9.84 Å². The van der Waals surface area contributed by atoms with E-state index >= 15 is 0 Å². The molecule has 0 aromatic rings. The molecule has 0 aliphatic carbocycles. The van der Waals surface area contributed by atoms with Crippen LogP contribution in [0.3, 0.4) is 0 Å². The normalized spacial score (nSPS) is 9.56. The molecule has 0 aliphatic heterocycles. The molecule has 0 radical (unpaired) electrons. The summed E-state index contributed by atoms with van der Waals surface area (Å²) < 4.78 is 5.86. The Hall–Kier alpha value is 0.140. The summed E-state index contributed by atoms with van der Waals surface area (Å²) in [5.41, 5.74) is 0. The van der Waals surface area contributed by atoms with Crippen LogP contribution in [0.5, 0.6) is 0 Å². The van der Waals surface area contributed by atoms with Crippen molar-refractivity contribution in [1.82, 2.24) is 0 Å². The molecule has 0 aromatic carbocycles. The predicted octanol–water partition coefficient (Wildman–Crippen LogP) is 1.29. The van der Waals surface area contributed by atoms with Crippen LogP contribution in [-0.4, -0.2) is 24.9 Å². The van der Waals surface area contributed by atoms with Crippen LogP contribution in [0.2, 0.25) is 0 Å². The lowest BCUT2D eigenvalue weighted by atomic mass is 10.5. The van der Waals surface area contributed by atoms with Crippen molar-refractivity contribution >= 4 is 15.9 Å². The van der Waals surface area contributed by atoms with Gasteiger partial charge in [-0.3, -0.25) is 0 Å². The fourth-order valence-electron chi connectivity index (χ4n) is 0.350. The highest BCUT2D eigenvalue weighted by atomic mass is 79.9. The molecule has 3 heteroatoms. The van der Waals surface area contributed by atoms with E-state index in [1.54, 1.807) is 0 Å². The van der Waals surface area contributed by atoms with Crippen molar-refractivity contribution in [1.29, 1.82) is 0 Å². The highest BCUT2D eigenvalue weighted by Gasteiger charge is 1.87. The molecule has 0 heterocycles. The summed E-state index contributed by atoms with van der Waals surface area (Å²) in [4.78, 5) is 0. The van der Waals surface area contributed by atoms with Gasteiger partial charge in [0.05, 0.1) is 6.61 Å². The molecule has 0 bridgehead atoms. The third-order valence-corrected chi connectivity index (χ3v) is 0.934. The molecule has 54 valence electrons. The lowest BCUT2D eigenvalue weighted by Crippen LogP contribution is -1.97. The molecule has 0 amide bonds. The number of halogens is 1. The van der Waals surface area contributed by atoms with Gasteiger partial charge in [-0.2, -0.15) is 0 Å². The van der Waals surface area contributed by atoms with Crippen LogP contribution in [0, 0.1) is 0 Å². The molecule has 1 N–H and O–H groups in total. The van der Waals surface area contributed by atoms with Gasteiger partial charge in [0.25, 0.3) is 0 Å². The summed E-state index contributed by atoms with van der Waals surface area (Å²) in [7, 11) is 0. The first-order chi connectivity index (χ1) is 4.27. The number of aliphatic hydroxyl groups is 1. The third-order valence-electron chi connectivity index (χ3n) is 0.705. The largest absolute Gasteiger partial charge is 0.396 e. The molecule has 9 heavy (non-hydrogen) atoms. The van der Waals surface area contributed by atoms with Gasteiger partial charge in [0.2, 0.25) is 0 Å². The minimum absolute atomic E-state index is 0.189. The molecule has 0 fully saturated rings. The second-order valence-electron chi connectivity index (χ2n) is 1.65. The first-order valence-corrected chi connectivity index (χ1v) is 3.58. The molecule has 0 aromatic heterocycles. The van der Waals surface area contributed by atoms with Crippen molar-refractivity contribution in [2.75, 3.05) is 19.8 Å². The van der Waals surface area contributed by atoms with E-state index in [-0.39, 0.29) is 6.61 Å². The Balaban J connectivity index is 2.83. The van der Waals surface area contributed by atoms with Gasteiger partial charge in [0.15, 0.2) is 0 Å². The van der Waals surface area contributed by atoms with Crippen molar-refractivity contribution in [3.63, 3.8) is 0 Å². The minimum Gasteiger partial charge on any atom is -0.396 e. The smallest absolute Gasteiger partial charge is 0.0775 e. The van der Waals surface area contributed by atoms with E-state index in [4.69, 9.17) is 9.84 Å². The van der Waals surface area contributed by atoms with Crippen LogP contribution in [-0.2, 0) is 4.74 Å². The van der Waals surface area contributed by atoms with E-state index in [0.717, 1.165) is 4.48 Å². The van der Waals surface area contributed by atoms with Crippen LogP contribution < -0.4 is 0 Å². The van der Waals surface area contributed by atoms with Gasteiger partial charge in [-0.1, -0.05) is 22.5 Å². The lowest BCUT2D eigenvalue weighted by molar-refractivity contribution is 0.138. The molecular weight excluding hydrogens is 184 g/mol. The Morgan fingerprint density at radius 1 is 1.67 bits per heavy atom.